The fourth-order valence-corrected chi connectivity index (χ4v) is 2.22. The van der Waals surface area contributed by atoms with E-state index in [0.29, 0.717) is 17.7 Å². The van der Waals surface area contributed by atoms with Crippen LogP contribution >= 0.6 is 0 Å². The van der Waals surface area contributed by atoms with Crippen LogP contribution in [0, 0.1) is 11.8 Å². The molecule has 2 fully saturated rings. The van der Waals surface area contributed by atoms with Crippen molar-refractivity contribution >= 4 is 5.78 Å². The molecule has 1 aliphatic heterocycles. The van der Waals surface area contributed by atoms with Crippen molar-refractivity contribution in [3.05, 3.63) is 12.2 Å². The maximum absolute atomic E-state index is 11.5. The minimum absolute atomic E-state index is 0.217. The van der Waals surface area contributed by atoms with Gasteiger partial charge in [0.1, 0.15) is 5.78 Å². The van der Waals surface area contributed by atoms with Crippen LogP contribution in [0.2, 0.25) is 0 Å². The molecule has 1 saturated carbocycles. The van der Waals surface area contributed by atoms with Gasteiger partial charge in [-0.3, -0.25) is 4.79 Å². The molecule has 12 heavy (non-hydrogen) atoms. The van der Waals surface area contributed by atoms with Crippen LogP contribution in [0.5, 0.6) is 0 Å². The van der Waals surface area contributed by atoms with E-state index in [2.05, 4.69) is 11.9 Å². The van der Waals surface area contributed by atoms with Gasteiger partial charge in [0.05, 0.1) is 0 Å². The van der Waals surface area contributed by atoms with Gasteiger partial charge in [0, 0.05) is 24.9 Å². The molecule has 2 rings (SSSR count). The molecular weight excluding hydrogens is 150 g/mol. The van der Waals surface area contributed by atoms with Crippen LogP contribution in [-0.4, -0.2) is 18.4 Å². The van der Waals surface area contributed by atoms with Gasteiger partial charge in [-0.05, 0) is 12.3 Å². The van der Waals surface area contributed by atoms with Gasteiger partial charge in [0.15, 0.2) is 0 Å². The lowest BCUT2D eigenvalue weighted by molar-refractivity contribution is -0.126. The molecule has 66 valence electrons. The first-order chi connectivity index (χ1) is 5.68. The highest BCUT2D eigenvalue weighted by Gasteiger charge is 2.37. The summed E-state index contributed by atoms with van der Waals surface area (Å²) in [5.41, 5.74) is 1.21. The third-order valence-corrected chi connectivity index (χ3v) is 3.27. The fraction of sp³-hybridized carbons (Fsp3) is 0.700. The van der Waals surface area contributed by atoms with Crippen LogP contribution in [0.3, 0.4) is 0 Å². The van der Waals surface area contributed by atoms with Crippen LogP contribution in [0.1, 0.15) is 19.8 Å². The summed E-state index contributed by atoms with van der Waals surface area (Å²) in [6, 6.07) is 0.418. The SMILES string of the molecule is C=C1CN[C@H]2C[C@@H]1CC(=O)[C@H]2C. The standard InChI is InChI=1S/C10H15NO/c1-6-5-11-9-3-8(6)4-10(12)7(9)2/h7-9,11H,1,3-5H2,2H3/t7-,8+,9-/m0/s1. The van der Waals surface area contributed by atoms with E-state index in [-0.39, 0.29) is 5.92 Å². The maximum atomic E-state index is 11.5. The lowest BCUT2D eigenvalue weighted by Crippen LogP contribution is -2.50. The predicted octanol–water partition coefficient (Wildman–Crippen LogP) is 1.13. The first kappa shape index (κ1) is 7.99. The average molecular weight is 165 g/mol. The Hall–Kier alpha value is -0.630. The number of fused-ring (bicyclic) bond motifs is 2. The Morgan fingerprint density at radius 1 is 1.58 bits per heavy atom. The first-order valence-electron chi connectivity index (χ1n) is 4.62. The van der Waals surface area contributed by atoms with Crippen LogP contribution in [0.25, 0.3) is 0 Å². The van der Waals surface area contributed by atoms with Crippen molar-refractivity contribution in [3.63, 3.8) is 0 Å². The summed E-state index contributed by atoms with van der Waals surface area (Å²) in [5.74, 6) is 1.10. The third kappa shape index (κ3) is 1.11. The number of hydrogen-bond donors (Lipinski definition) is 1. The molecule has 0 unspecified atom stereocenters. The molecule has 2 heteroatoms. The Kier molecular flexibility index (Phi) is 1.80. The van der Waals surface area contributed by atoms with Crippen molar-refractivity contribution in [1.29, 1.82) is 0 Å². The summed E-state index contributed by atoms with van der Waals surface area (Å²) in [5, 5.41) is 3.36. The highest BCUT2D eigenvalue weighted by atomic mass is 16.1. The molecule has 0 aromatic carbocycles. The van der Waals surface area contributed by atoms with Gasteiger partial charge >= 0.3 is 0 Å². The minimum Gasteiger partial charge on any atom is -0.310 e. The molecule has 0 aromatic heterocycles. The van der Waals surface area contributed by atoms with Gasteiger partial charge in [-0.1, -0.05) is 19.1 Å². The van der Waals surface area contributed by atoms with E-state index in [1.807, 2.05) is 6.92 Å². The largest absolute Gasteiger partial charge is 0.310 e. The Morgan fingerprint density at radius 3 is 3.08 bits per heavy atom. The predicted molar refractivity (Wildman–Crippen MR) is 47.8 cm³/mol. The molecule has 1 heterocycles. The lowest BCUT2D eigenvalue weighted by Gasteiger charge is -2.39. The number of carbonyl (C=O) groups excluding carboxylic acids is 1. The van der Waals surface area contributed by atoms with Gasteiger partial charge in [-0.2, -0.15) is 0 Å². The highest BCUT2D eigenvalue weighted by Crippen LogP contribution is 2.33. The Morgan fingerprint density at radius 2 is 2.33 bits per heavy atom. The molecule has 0 radical (unpaired) electrons. The average Bonchev–Trinajstić information content (AvgIpc) is 2.06. The normalized spacial score (nSPS) is 41.6. The van der Waals surface area contributed by atoms with Crippen molar-refractivity contribution in [2.45, 2.75) is 25.8 Å². The Bertz CT molecular complexity index is 234. The van der Waals surface area contributed by atoms with Gasteiger partial charge in [0.2, 0.25) is 0 Å². The second kappa shape index (κ2) is 2.70. The minimum atomic E-state index is 0.217. The van der Waals surface area contributed by atoms with E-state index in [0.717, 1.165) is 19.4 Å². The van der Waals surface area contributed by atoms with Gasteiger partial charge in [-0.25, -0.2) is 0 Å². The summed E-state index contributed by atoms with van der Waals surface area (Å²) in [4.78, 5) is 11.5. The van der Waals surface area contributed by atoms with Crippen molar-refractivity contribution in [1.82, 2.24) is 5.32 Å². The van der Waals surface area contributed by atoms with Crippen molar-refractivity contribution in [3.8, 4) is 0 Å². The molecule has 1 saturated heterocycles. The molecule has 1 N–H and O–H groups in total. The number of Topliss-reactive ketones (excluding diaryl/α,β-unsaturated/α-hetero) is 1. The topological polar surface area (TPSA) is 29.1 Å². The second-order valence-electron chi connectivity index (χ2n) is 4.04. The monoisotopic (exact) mass is 165 g/mol. The molecule has 2 bridgehead atoms. The van der Waals surface area contributed by atoms with Gasteiger partial charge < -0.3 is 5.32 Å². The molecule has 0 aromatic rings. The van der Waals surface area contributed by atoms with Gasteiger partial charge in [-0.15, -0.1) is 0 Å². The number of ketones is 1. The number of hydrogen-bond acceptors (Lipinski definition) is 2. The van der Waals surface area contributed by atoms with Crippen LogP contribution < -0.4 is 5.32 Å². The van der Waals surface area contributed by atoms with E-state index in [1.165, 1.54) is 5.57 Å². The van der Waals surface area contributed by atoms with Crippen LogP contribution in [-0.2, 0) is 4.79 Å². The molecule has 2 nitrogen and oxygen atoms in total. The zero-order valence-electron chi connectivity index (χ0n) is 7.47. The first-order valence-corrected chi connectivity index (χ1v) is 4.62. The molecular formula is C10H15NO. The number of carbonyl (C=O) groups is 1. The zero-order valence-corrected chi connectivity index (χ0v) is 7.47. The Labute approximate surface area is 73.0 Å². The summed E-state index contributed by atoms with van der Waals surface area (Å²) >= 11 is 0. The molecule has 2 aliphatic rings. The number of rotatable bonds is 0. The summed E-state index contributed by atoms with van der Waals surface area (Å²) in [6.45, 7) is 6.92. The quantitative estimate of drug-likeness (QED) is 0.545. The summed E-state index contributed by atoms with van der Waals surface area (Å²) < 4.78 is 0. The molecule has 3 atom stereocenters. The highest BCUT2D eigenvalue weighted by molar-refractivity contribution is 5.83. The van der Waals surface area contributed by atoms with Crippen molar-refractivity contribution in [2.24, 2.45) is 11.8 Å². The van der Waals surface area contributed by atoms with E-state index in [4.69, 9.17) is 0 Å². The maximum Gasteiger partial charge on any atom is 0.137 e. The lowest BCUT2D eigenvalue weighted by atomic mass is 9.73. The molecule has 0 spiro atoms. The second-order valence-corrected chi connectivity index (χ2v) is 4.04. The van der Waals surface area contributed by atoms with E-state index < -0.39 is 0 Å². The summed E-state index contributed by atoms with van der Waals surface area (Å²) in [6.07, 6.45) is 1.85. The number of nitrogens with one attached hydrogen (secondary N) is 1. The summed E-state index contributed by atoms with van der Waals surface area (Å²) in [7, 11) is 0. The fourth-order valence-electron chi connectivity index (χ4n) is 2.22. The van der Waals surface area contributed by atoms with E-state index in [1.54, 1.807) is 0 Å². The molecule has 0 amide bonds. The van der Waals surface area contributed by atoms with Crippen molar-refractivity contribution in [2.75, 3.05) is 6.54 Å². The molecule has 1 aliphatic carbocycles. The smallest absolute Gasteiger partial charge is 0.137 e. The van der Waals surface area contributed by atoms with E-state index in [9.17, 15) is 4.79 Å². The Balaban J connectivity index is 2.18. The zero-order chi connectivity index (χ0) is 8.72. The van der Waals surface area contributed by atoms with Crippen molar-refractivity contribution < 1.29 is 4.79 Å². The van der Waals surface area contributed by atoms with Gasteiger partial charge in [0.25, 0.3) is 0 Å². The van der Waals surface area contributed by atoms with E-state index >= 15 is 0 Å². The third-order valence-electron chi connectivity index (χ3n) is 3.27. The number of piperidine rings is 1. The van der Waals surface area contributed by atoms with Crippen LogP contribution in [0.15, 0.2) is 12.2 Å². The van der Waals surface area contributed by atoms with Crippen LogP contribution in [0.4, 0.5) is 0 Å².